The van der Waals surface area contributed by atoms with Crippen molar-refractivity contribution in [2.24, 2.45) is 0 Å². The number of sulfonamides is 1. The van der Waals surface area contributed by atoms with Gasteiger partial charge in [-0.25, -0.2) is 18.2 Å². The molecule has 0 unspecified atom stereocenters. The van der Waals surface area contributed by atoms with E-state index >= 15 is 0 Å². The number of H-pyrrole nitrogens is 1. The van der Waals surface area contributed by atoms with Crippen LogP contribution in [0.15, 0.2) is 58.6 Å². The zero-order valence-electron chi connectivity index (χ0n) is 12.6. The van der Waals surface area contributed by atoms with Crippen molar-refractivity contribution in [3.63, 3.8) is 0 Å². The molecule has 0 fully saturated rings. The highest BCUT2D eigenvalue weighted by Gasteiger charge is 2.16. The van der Waals surface area contributed by atoms with Gasteiger partial charge < -0.3 is 0 Å². The van der Waals surface area contributed by atoms with E-state index in [-0.39, 0.29) is 10.8 Å². The van der Waals surface area contributed by atoms with Crippen LogP contribution in [0, 0.1) is 0 Å². The molecule has 25 heavy (non-hydrogen) atoms. The number of hydrogen-bond acceptors (Lipinski definition) is 5. The van der Waals surface area contributed by atoms with Gasteiger partial charge in [-0.15, -0.1) is 5.10 Å². The van der Waals surface area contributed by atoms with Crippen molar-refractivity contribution in [3.8, 4) is 0 Å². The minimum atomic E-state index is -3.75. The number of anilines is 1. The molecule has 2 N–H and O–H groups in total. The Hall–Kier alpha value is -1.74. The summed E-state index contributed by atoms with van der Waals surface area (Å²) >= 11 is 13.0. The average Bonchev–Trinajstić information content (AvgIpc) is 3.01. The molecule has 1 heterocycles. The maximum Gasteiger partial charge on any atom is 0.264 e. The molecule has 3 aromatic rings. The first-order valence-electron chi connectivity index (χ1n) is 7.00. The lowest BCUT2D eigenvalue weighted by Crippen LogP contribution is -2.13. The molecule has 0 aliphatic carbocycles. The van der Waals surface area contributed by atoms with Crippen molar-refractivity contribution in [1.82, 2.24) is 15.2 Å². The molecule has 0 saturated heterocycles. The minimum absolute atomic E-state index is 0.0496. The van der Waals surface area contributed by atoms with Gasteiger partial charge >= 0.3 is 0 Å². The number of thioether (sulfide) groups is 1. The number of benzene rings is 2. The third-order valence-electron chi connectivity index (χ3n) is 3.10. The zero-order valence-corrected chi connectivity index (χ0v) is 15.8. The molecule has 0 bridgehead atoms. The number of rotatable bonds is 6. The lowest BCUT2D eigenvalue weighted by atomic mass is 10.2. The number of aromatic amines is 1. The Morgan fingerprint density at radius 3 is 2.24 bits per heavy atom. The quantitative estimate of drug-likeness (QED) is 0.589. The van der Waals surface area contributed by atoms with E-state index in [2.05, 4.69) is 19.9 Å². The van der Waals surface area contributed by atoms with Crippen molar-refractivity contribution >= 4 is 50.9 Å². The lowest BCUT2D eigenvalue weighted by Gasteiger charge is -2.04. The van der Waals surface area contributed by atoms with Gasteiger partial charge in [-0.1, -0.05) is 47.1 Å². The second-order valence-corrected chi connectivity index (χ2v) is 8.44. The van der Waals surface area contributed by atoms with E-state index in [4.69, 9.17) is 23.2 Å². The van der Waals surface area contributed by atoms with E-state index in [0.29, 0.717) is 21.0 Å². The highest BCUT2D eigenvalue weighted by atomic mass is 35.5. The van der Waals surface area contributed by atoms with Crippen molar-refractivity contribution < 1.29 is 8.42 Å². The Balaban J connectivity index is 1.64. The normalized spacial score (nSPS) is 11.4. The second-order valence-electron chi connectivity index (χ2n) is 4.94. The summed E-state index contributed by atoms with van der Waals surface area (Å²) in [5.74, 6) is 0.687. The molecule has 10 heteroatoms. The van der Waals surface area contributed by atoms with Crippen LogP contribution in [0.4, 0.5) is 5.95 Å². The predicted octanol–water partition coefficient (Wildman–Crippen LogP) is 4.20. The molecule has 0 spiro atoms. The highest BCUT2D eigenvalue weighted by molar-refractivity contribution is 7.98. The first-order valence-corrected chi connectivity index (χ1v) is 10.2. The Kier molecular flexibility index (Phi) is 5.53. The molecule has 0 amide bonds. The van der Waals surface area contributed by atoms with Crippen LogP contribution >= 0.6 is 35.0 Å². The monoisotopic (exact) mass is 414 g/mol. The first-order chi connectivity index (χ1) is 11.9. The van der Waals surface area contributed by atoms with Gasteiger partial charge in [-0.05, 0) is 42.0 Å². The fraction of sp³-hybridized carbons (Fsp3) is 0.0667. The van der Waals surface area contributed by atoms with Gasteiger partial charge in [0.25, 0.3) is 10.0 Å². The van der Waals surface area contributed by atoms with Crippen molar-refractivity contribution in [1.29, 1.82) is 0 Å². The average molecular weight is 415 g/mol. The van der Waals surface area contributed by atoms with E-state index < -0.39 is 10.0 Å². The molecule has 2 aromatic carbocycles. The van der Waals surface area contributed by atoms with Crippen molar-refractivity contribution in [2.45, 2.75) is 15.8 Å². The smallest absolute Gasteiger partial charge is 0.248 e. The summed E-state index contributed by atoms with van der Waals surface area (Å²) in [5, 5.41) is 8.13. The molecular formula is C15H12Cl2N4O2S2. The number of nitrogens with zero attached hydrogens (tertiary/aromatic N) is 2. The minimum Gasteiger partial charge on any atom is -0.248 e. The van der Waals surface area contributed by atoms with E-state index in [1.54, 1.807) is 12.1 Å². The molecule has 1 aromatic heterocycles. The van der Waals surface area contributed by atoms with Crippen LogP contribution in [0.1, 0.15) is 5.56 Å². The van der Waals surface area contributed by atoms with Gasteiger partial charge in [0.15, 0.2) is 0 Å². The molecule has 0 atom stereocenters. The first kappa shape index (κ1) is 18.1. The van der Waals surface area contributed by atoms with E-state index in [9.17, 15) is 8.42 Å². The zero-order chi connectivity index (χ0) is 17.9. The van der Waals surface area contributed by atoms with Crippen LogP contribution in [0.2, 0.25) is 10.0 Å². The van der Waals surface area contributed by atoms with Crippen molar-refractivity contribution in [2.75, 3.05) is 4.72 Å². The molecule has 130 valence electrons. The fourth-order valence-electron chi connectivity index (χ4n) is 1.89. The summed E-state index contributed by atoms with van der Waals surface area (Å²) in [6, 6.07) is 13.3. The van der Waals surface area contributed by atoms with Crippen LogP contribution in [-0.4, -0.2) is 23.6 Å². The van der Waals surface area contributed by atoms with Crippen LogP contribution in [0.25, 0.3) is 0 Å². The van der Waals surface area contributed by atoms with Gasteiger partial charge in [0.2, 0.25) is 11.1 Å². The van der Waals surface area contributed by atoms with E-state index in [0.717, 1.165) is 5.56 Å². The maximum absolute atomic E-state index is 12.3. The van der Waals surface area contributed by atoms with Gasteiger partial charge in [0.05, 0.1) is 4.90 Å². The van der Waals surface area contributed by atoms with E-state index in [1.807, 2.05) is 12.1 Å². The number of aromatic nitrogens is 3. The summed E-state index contributed by atoms with van der Waals surface area (Å²) in [4.78, 5) is 4.21. The Morgan fingerprint density at radius 1 is 1.00 bits per heavy atom. The lowest BCUT2D eigenvalue weighted by molar-refractivity contribution is 0.601. The van der Waals surface area contributed by atoms with Gasteiger partial charge in [0, 0.05) is 15.8 Å². The van der Waals surface area contributed by atoms with E-state index in [1.165, 1.54) is 36.0 Å². The number of hydrogen-bond donors (Lipinski definition) is 2. The van der Waals surface area contributed by atoms with Gasteiger partial charge in [0.1, 0.15) is 0 Å². The fourth-order valence-corrected chi connectivity index (χ4v) is 3.85. The summed E-state index contributed by atoms with van der Waals surface area (Å²) < 4.78 is 26.9. The molecule has 0 saturated carbocycles. The standard InChI is InChI=1S/C15H12Cl2N4O2S2/c16-11-3-1-10(2-4-11)9-24-15-18-14(19-20-15)21-25(22,23)13-7-5-12(17)6-8-13/h1-8H,9H2,(H2,18,19,20,21). The van der Waals surface area contributed by atoms with Crippen LogP contribution < -0.4 is 4.72 Å². The molecular weight excluding hydrogens is 403 g/mol. The number of halogens is 2. The van der Waals surface area contributed by atoms with Gasteiger partial charge in [-0.3, -0.25) is 0 Å². The number of nitrogens with one attached hydrogen (secondary N) is 2. The van der Waals surface area contributed by atoms with Gasteiger partial charge in [-0.2, -0.15) is 4.98 Å². The predicted molar refractivity (Wildman–Crippen MR) is 99.7 cm³/mol. The van der Waals surface area contributed by atoms with Crippen LogP contribution in [0.5, 0.6) is 0 Å². The Bertz CT molecular complexity index is 958. The molecule has 3 rings (SSSR count). The Labute approximate surface area is 159 Å². The maximum atomic E-state index is 12.3. The van der Waals surface area contributed by atoms with Crippen LogP contribution in [-0.2, 0) is 15.8 Å². The van der Waals surface area contributed by atoms with Crippen molar-refractivity contribution in [3.05, 3.63) is 64.1 Å². The largest absolute Gasteiger partial charge is 0.264 e. The van der Waals surface area contributed by atoms with Crippen LogP contribution in [0.3, 0.4) is 0 Å². The third kappa shape index (κ3) is 4.88. The molecule has 0 radical (unpaired) electrons. The molecule has 0 aliphatic heterocycles. The highest BCUT2D eigenvalue weighted by Crippen LogP contribution is 2.22. The summed E-state index contributed by atoms with van der Waals surface area (Å²) in [7, 11) is -3.75. The Morgan fingerprint density at radius 2 is 1.60 bits per heavy atom. The SMILES string of the molecule is O=S(=O)(Nc1nc(SCc2ccc(Cl)cc2)n[nH]1)c1ccc(Cl)cc1. The second kappa shape index (κ2) is 7.65. The summed E-state index contributed by atoms with van der Waals surface area (Å²) in [6.07, 6.45) is 0. The molecule has 0 aliphatic rings. The third-order valence-corrected chi connectivity index (χ3v) is 5.88. The summed E-state index contributed by atoms with van der Waals surface area (Å²) in [5.41, 5.74) is 1.06. The molecule has 6 nitrogen and oxygen atoms in total. The summed E-state index contributed by atoms with van der Waals surface area (Å²) in [6.45, 7) is 0. The topological polar surface area (TPSA) is 87.7 Å².